The van der Waals surface area contributed by atoms with Crippen molar-refractivity contribution in [1.29, 1.82) is 0 Å². The van der Waals surface area contributed by atoms with Crippen LogP contribution in [-0.4, -0.2) is 0 Å². The maximum atomic E-state index is 13.6. The molecule has 0 saturated heterocycles. The Morgan fingerprint density at radius 1 is 0.667 bits per heavy atom. The van der Waals surface area contributed by atoms with Crippen LogP contribution in [0.2, 0.25) is 0 Å². The predicted octanol–water partition coefficient (Wildman–Crippen LogP) is 10.3. The van der Waals surface area contributed by atoms with Crippen LogP contribution in [0.25, 0.3) is 0 Å². The van der Waals surface area contributed by atoms with E-state index in [9.17, 15) is 13.2 Å². The molecule has 2 saturated carbocycles. The molecule has 0 unspecified atom stereocenters. The van der Waals surface area contributed by atoms with E-state index in [4.69, 9.17) is 0 Å². The fraction of sp³-hybridized carbons (Fsp3) is 0.733. The second kappa shape index (κ2) is 14.2. The van der Waals surface area contributed by atoms with Gasteiger partial charge in [0.1, 0.15) is 0 Å². The monoisotopic (exact) mass is 462 g/mol. The van der Waals surface area contributed by atoms with Crippen LogP contribution in [0.4, 0.5) is 13.2 Å². The standard InChI is InChI=1S/C30H45F3/c1-2-3-4-5-6-7-8-9-10-23-11-13-24(14-12-23)15-16-25-17-19-26(20-18-25)27-21-28(31)30(33)29(32)22-27/h15-16,21-26H,2-14,17-20H2,1H3/b16-15+/t23-,24-,25-,26-. The molecule has 33 heavy (non-hydrogen) atoms. The van der Waals surface area contributed by atoms with E-state index in [2.05, 4.69) is 19.1 Å². The van der Waals surface area contributed by atoms with Crippen LogP contribution in [0.1, 0.15) is 128 Å². The van der Waals surface area contributed by atoms with Gasteiger partial charge in [0.2, 0.25) is 0 Å². The van der Waals surface area contributed by atoms with Crippen LogP contribution in [0, 0.1) is 35.2 Å². The van der Waals surface area contributed by atoms with E-state index in [0.717, 1.165) is 37.5 Å². The average molecular weight is 463 g/mol. The lowest BCUT2D eigenvalue weighted by Gasteiger charge is -2.29. The Kier molecular flexibility index (Phi) is 11.4. The maximum absolute atomic E-state index is 13.6. The van der Waals surface area contributed by atoms with Crippen LogP contribution >= 0.6 is 0 Å². The van der Waals surface area contributed by atoms with Gasteiger partial charge in [0.05, 0.1) is 0 Å². The van der Waals surface area contributed by atoms with Gasteiger partial charge in [-0.3, -0.25) is 0 Å². The first kappa shape index (κ1) is 26.4. The molecule has 0 bridgehead atoms. The summed E-state index contributed by atoms with van der Waals surface area (Å²) in [7, 11) is 0. The van der Waals surface area contributed by atoms with Gasteiger partial charge in [0, 0.05) is 0 Å². The summed E-state index contributed by atoms with van der Waals surface area (Å²) in [6.07, 6.45) is 27.0. The van der Waals surface area contributed by atoms with Crippen molar-refractivity contribution in [2.45, 2.75) is 122 Å². The third-order valence-electron chi connectivity index (χ3n) is 8.26. The van der Waals surface area contributed by atoms with E-state index < -0.39 is 17.5 Å². The highest BCUT2D eigenvalue weighted by Gasteiger charge is 2.24. The minimum Gasteiger partial charge on any atom is -0.204 e. The number of hydrogen-bond donors (Lipinski definition) is 0. The fourth-order valence-corrected chi connectivity index (χ4v) is 6.01. The molecule has 186 valence electrons. The minimum absolute atomic E-state index is 0.144. The maximum Gasteiger partial charge on any atom is 0.194 e. The van der Waals surface area contributed by atoms with Crippen molar-refractivity contribution in [3.63, 3.8) is 0 Å². The summed E-state index contributed by atoms with van der Waals surface area (Å²) in [6, 6.07) is 2.37. The molecule has 0 nitrogen and oxygen atoms in total. The van der Waals surface area contributed by atoms with Gasteiger partial charge in [-0.2, -0.15) is 0 Å². The predicted molar refractivity (Wildman–Crippen MR) is 133 cm³/mol. The first-order valence-corrected chi connectivity index (χ1v) is 13.9. The summed E-state index contributed by atoms with van der Waals surface area (Å²) in [5.74, 6) is -1.09. The molecular formula is C30H45F3. The van der Waals surface area contributed by atoms with Crippen molar-refractivity contribution in [2.75, 3.05) is 0 Å². The van der Waals surface area contributed by atoms with Gasteiger partial charge in [-0.15, -0.1) is 0 Å². The van der Waals surface area contributed by atoms with Crippen molar-refractivity contribution in [1.82, 2.24) is 0 Å². The second-order valence-electron chi connectivity index (χ2n) is 10.8. The second-order valence-corrected chi connectivity index (χ2v) is 10.8. The summed E-state index contributed by atoms with van der Waals surface area (Å²) in [5, 5.41) is 0. The Hall–Kier alpha value is -1.25. The fourth-order valence-electron chi connectivity index (χ4n) is 6.01. The zero-order valence-electron chi connectivity index (χ0n) is 20.8. The third kappa shape index (κ3) is 8.80. The van der Waals surface area contributed by atoms with Crippen LogP contribution in [0.3, 0.4) is 0 Å². The largest absolute Gasteiger partial charge is 0.204 e. The topological polar surface area (TPSA) is 0 Å². The molecule has 0 aliphatic heterocycles. The molecule has 1 aromatic carbocycles. The lowest BCUT2D eigenvalue weighted by Crippen LogP contribution is -2.15. The normalized spacial score (nSPS) is 26.2. The van der Waals surface area contributed by atoms with Crippen LogP contribution in [-0.2, 0) is 0 Å². The van der Waals surface area contributed by atoms with E-state index in [1.165, 1.54) is 95.6 Å². The van der Waals surface area contributed by atoms with Gasteiger partial charge in [0.25, 0.3) is 0 Å². The third-order valence-corrected chi connectivity index (χ3v) is 8.26. The van der Waals surface area contributed by atoms with Crippen molar-refractivity contribution >= 4 is 0 Å². The summed E-state index contributed by atoms with van der Waals surface area (Å²) in [5.41, 5.74) is 0.614. The molecule has 0 atom stereocenters. The van der Waals surface area contributed by atoms with Crippen molar-refractivity contribution in [3.8, 4) is 0 Å². The van der Waals surface area contributed by atoms with Crippen molar-refractivity contribution in [2.24, 2.45) is 17.8 Å². The Bertz CT molecular complexity index is 686. The molecule has 2 aliphatic carbocycles. The molecular weight excluding hydrogens is 417 g/mol. The molecule has 1 aromatic rings. The highest BCUT2D eigenvalue weighted by molar-refractivity contribution is 5.23. The molecule has 0 spiro atoms. The quantitative estimate of drug-likeness (QED) is 0.165. The molecule has 3 rings (SSSR count). The van der Waals surface area contributed by atoms with Gasteiger partial charge in [-0.25, -0.2) is 13.2 Å². The minimum atomic E-state index is -1.36. The average Bonchev–Trinajstić information content (AvgIpc) is 2.83. The van der Waals surface area contributed by atoms with Gasteiger partial charge in [-0.1, -0.05) is 76.9 Å². The van der Waals surface area contributed by atoms with Crippen LogP contribution < -0.4 is 0 Å². The number of benzene rings is 1. The zero-order valence-corrected chi connectivity index (χ0v) is 20.8. The number of hydrogen-bond acceptors (Lipinski definition) is 0. The lowest BCUT2D eigenvalue weighted by atomic mass is 9.76. The summed E-state index contributed by atoms with van der Waals surface area (Å²) in [4.78, 5) is 0. The number of allylic oxidation sites excluding steroid dienone is 2. The molecule has 0 amide bonds. The Balaban J connectivity index is 1.28. The number of unbranched alkanes of at least 4 members (excludes halogenated alkanes) is 7. The highest BCUT2D eigenvalue weighted by Crippen LogP contribution is 2.38. The molecule has 2 aliphatic rings. The van der Waals surface area contributed by atoms with E-state index in [1.54, 1.807) is 0 Å². The number of rotatable bonds is 12. The highest BCUT2D eigenvalue weighted by atomic mass is 19.2. The first-order valence-electron chi connectivity index (χ1n) is 13.9. The van der Waals surface area contributed by atoms with Gasteiger partial charge >= 0.3 is 0 Å². The summed E-state index contributed by atoms with van der Waals surface area (Å²) < 4.78 is 40.3. The SMILES string of the molecule is CCCCCCCCCC[C@H]1CC[C@H](/C=C/[C@H]2CC[C@H](c3cc(F)c(F)c(F)c3)CC2)CC1. The molecule has 2 fully saturated rings. The van der Waals surface area contributed by atoms with Gasteiger partial charge in [0.15, 0.2) is 17.5 Å². The Labute approximate surface area is 200 Å². The van der Waals surface area contributed by atoms with Crippen molar-refractivity contribution < 1.29 is 13.2 Å². The van der Waals surface area contributed by atoms with Crippen LogP contribution in [0.5, 0.6) is 0 Å². The van der Waals surface area contributed by atoms with E-state index in [0.29, 0.717) is 11.5 Å². The molecule has 3 heteroatoms. The van der Waals surface area contributed by atoms with E-state index in [-0.39, 0.29) is 5.92 Å². The van der Waals surface area contributed by atoms with Crippen molar-refractivity contribution in [3.05, 3.63) is 47.3 Å². The molecule has 0 heterocycles. The van der Waals surface area contributed by atoms with E-state index in [1.807, 2.05) is 0 Å². The Morgan fingerprint density at radius 3 is 1.70 bits per heavy atom. The zero-order chi connectivity index (χ0) is 23.5. The summed E-state index contributed by atoms with van der Waals surface area (Å²) >= 11 is 0. The van der Waals surface area contributed by atoms with E-state index >= 15 is 0 Å². The summed E-state index contributed by atoms with van der Waals surface area (Å²) in [6.45, 7) is 2.28. The van der Waals surface area contributed by atoms with Gasteiger partial charge < -0.3 is 0 Å². The molecule has 0 aromatic heterocycles. The van der Waals surface area contributed by atoms with Crippen LogP contribution in [0.15, 0.2) is 24.3 Å². The lowest BCUT2D eigenvalue weighted by molar-refractivity contribution is 0.287. The smallest absolute Gasteiger partial charge is 0.194 e. The molecule has 0 N–H and O–H groups in total. The molecule has 0 radical (unpaired) electrons. The first-order chi connectivity index (χ1) is 16.1. The Morgan fingerprint density at radius 2 is 1.15 bits per heavy atom. The van der Waals surface area contributed by atoms with Gasteiger partial charge in [-0.05, 0) is 92.7 Å². The number of halogens is 3.